The van der Waals surface area contributed by atoms with Crippen molar-refractivity contribution in [3.8, 4) is 11.5 Å². The van der Waals surface area contributed by atoms with E-state index >= 15 is 0 Å². The monoisotopic (exact) mass is 305 g/mol. The predicted molar refractivity (Wildman–Crippen MR) is 86.2 cm³/mol. The summed E-state index contributed by atoms with van der Waals surface area (Å²) in [6.45, 7) is 3.84. The van der Waals surface area contributed by atoms with Crippen molar-refractivity contribution < 1.29 is 9.47 Å². The Kier molecular flexibility index (Phi) is 5.90. The molecule has 3 nitrogen and oxygen atoms in total. The third-order valence-electron chi connectivity index (χ3n) is 2.97. The van der Waals surface area contributed by atoms with Gasteiger partial charge in [0.2, 0.25) is 0 Å². The van der Waals surface area contributed by atoms with Crippen LogP contribution in [0.4, 0.5) is 0 Å². The molecule has 0 amide bonds. The number of benzene rings is 2. The van der Waals surface area contributed by atoms with Crippen molar-refractivity contribution in [3.05, 3.63) is 58.6 Å². The molecule has 0 spiro atoms. The zero-order valence-corrected chi connectivity index (χ0v) is 13.1. The molecule has 0 radical (unpaired) electrons. The molecule has 0 aliphatic carbocycles. The SMILES string of the molecule is CCOc1cc(CNC)ccc1OCc1cccc(Cl)c1. The van der Waals surface area contributed by atoms with Crippen molar-refractivity contribution >= 4 is 11.6 Å². The Balaban J connectivity index is 2.11. The van der Waals surface area contributed by atoms with E-state index in [1.165, 1.54) is 0 Å². The summed E-state index contributed by atoms with van der Waals surface area (Å²) in [5.41, 5.74) is 2.19. The number of halogens is 1. The molecule has 112 valence electrons. The highest BCUT2D eigenvalue weighted by atomic mass is 35.5. The lowest BCUT2D eigenvalue weighted by Crippen LogP contribution is -2.06. The summed E-state index contributed by atoms with van der Waals surface area (Å²) in [5.74, 6) is 1.52. The van der Waals surface area contributed by atoms with Gasteiger partial charge in [0.05, 0.1) is 6.61 Å². The maximum atomic E-state index is 5.98. The molecular formula is C17H20ClNO2. The fourth-order valence-corrected chi connectivity index (χ4v) is 2.25. The number of ether oxygens (including phenoxy) is 2. The van der Waals surface area contributed by atoms with E-state index in [2.05, 4.69) is 5.32 Å². The van der Waals surface area contributed by atoms with Crippen LogP contribution in [-0.2, 0) is 13.2 Å². The standard InChI is InChI=1S/C17H20ClNO2/c1-3-20-17-10-13(11-19-2)7-8-16(17)21-12-14-5-4-6-15(18)9-14/h4-10,19H,3,11-12H2,1-2H3. The van der Waals surface area contributed by atoms with E-state index in [0.717, 1.165) is 29.2 Å². The van der Waals surface area contributed by atoms with Gasteiger partial charge >= 0.3 is 0 Å². The predicted octanol–water partition coefficient (Wildman–Crippen LogP) is 4.04. The largest absolute Gasteiger partial charge is 0.490 e. The molecule has 0 bridgehead atoms. The van der Waals surface area contributed by atoms with Crippen LogP contribution in [0.3, 0.4) is 0 Å². The fourth-order valence-electron chi connectivity index (χ4n) is 2.04. The van der Waals surface area contributed by atoms with Crippen LogP contribution < -0.4 is 14.8 Å². The molecule has 0 saturated carbocycles. The molecule has 1 N–H and O–H groups in total. The third-order valence-corrected chi connectivity index (χ3v) is 3.21. The Bertz CT molecular complexity index is 587. The van der Waals surface area contributed by atoms with Crippen molar-refractivity contribution in [1.82, 2.24) is 5.32 Å². The van der Waals surface area contributed by atoms with Crippen molar-refractivity contribution in [3.63, 3.8) is 0 Å². The Hall–Kier alpha value is -1.71. The second-order valence-electron chi connectivity index (χ2n) is 4.66. The van der Waals surface area contributed by atoms with E-state index in [-0.39, 0.29) is 0 Å². The van der Waals surface area contributed by atoms with Gasteiger partial charge < -0.3 is 14.8 Å². The minimum atomic E-state index is 0.464. The molecule has 0 aliphatic heterocycles. The maximum absolute atomic E-state index is 5.98. The first-order valence-electron chi connectivity index (χ1n) is 7.00. The van der Waals surface area contributed by atoms with Gasteiger partial charge in [-0.1, -0.05) is 29.8 Å². The normalized spacial score (nSPS) is 10.4. The molecule has 0 heterocycles. The fraction of sp³-hybridized carbons (Fsp3) is 0.294. The summed E-state index contributed by atoms with van der Waals surface area (Å²) in [6.07, 6.45) is 0. The smallest absolute Gasteiger partial charge is 0.161 e. The lowest BCUT2D eigenvalue weighted by atomic mass is 10.2. The molecule has 0 saturated heterocycles. The number of hydrogen-bond acceptors (Lipinski definition) is 3. The van der Waals surface area contributed by atoms with Gasteiger partial charge in [-0.05, 0) is 49.4 Å². The topological polar surface area (TPSA) is 30.5 Å². The summed E-state index contributed by atoms with van der Waals surface area (Å²) >= 11 is 5.98. The molecule has 21 heavy (non-hydrogen) atoms. The van der Waals surface area contributed by atoms with Crippen LogP contribution in [0.25, 0.3) is 0 Å². The van der Waals surface area contributed by atoms with Gasteiger partial charge in [0.1, 0.15) is 6.61 Å². The minimum Gasteiger partial charge on any atom is -0.490 e. The summed E-state index contributed by atoms with van der Waals surface area (Å²) < 4.78 is 11.5. The molecule has 0 unspecified atom stereocenters. The zero-order chi connectivity index (χ0) is 15.1. The van der Waals surface area contributed by atoms with Crippen LogP contribution in [0.2, 0.25) is 5.02 Å². The molecule has 0 aliphatic rings. The van der Waals surface area contributed by atoms with Crippen LogP contribution in [0.1, 0.15) is 18.1 Å². The highest BCUT2D eigenvalue weighted by Crippen LogP contribution is 2.29. The van der Waals surface area contributed by atoms with Gasteiger partial charge in [0.15, 0.2) is 11.5 Å². The molecule has 2 aromatic carbocycles. The Morgan fingerprint density at radius 2 is 1.86 bits per heavy atom. The Labute approximate surface area is 130 Å². The van der Waals surface area contributed by atoms with Crippen LogP contribution in [0.15, 0.2) is 42.5 Å². The quantitative estimate of drug-likeness (QED) is 0.837. The van der Waals surface area contributed by atoms with Crippen LogP contribution in [0.5, 0.6) is 11.5 Å². The third kappa shape index (κ3) is 4.66. The number of hydrogen-bond donors (Lipinski definition) is 1. The molecule has 2 rings (SSSR count). The van der Waals surface area contributed by atoms with Gasteiger partial charge in [-0.25, -0.2) is 0 Å². The van der Waals surface area contributed by atoms with E-state index in [9.17, 15) is 0 Å². The van der Waals surface area contributed by atoms with E-state index in [4.69, 9.17) is 21.1 Å². The average Bonchev–Trinajstić information content (AvgIpc) is 2.47. The lowest BCUT2D eigenvalue weighted by Gasteiger charge is -2.13. The first kappa shape index (κ1) is 15.7. The highest BCUT2D eigenvalue weighted by molar-refractivity contribution is 6.30. The van der Waals surface area contributed by atoms with Gasteiger partial charge in [0.25, 0.3) is 0 Å². The molecule has 0 aromatic heterocycles. The van der Waals surface area contributed by atoms with Gasteiger partial charge in [0, 0.05) is 11.6 Å². The minimum absolute atomic E-state index is 0.464. The second-order valence-corrected chi connectivity index (χ2v) is 5.10. The Morgan fingerprint density at radius 3 is 2.57 bits per heavy atom. The molecule has 0 atom stereocenters. The van der Waals surface area contributed by atoms with E-state index in [0.29, 0.717) is 18.2 Å². The van der Waals surface area contributed by atoms with Crippen LogP contribution in [0, 0.1) is 0 Å². The van der Waals surface area contributed by atoms with Crippen molar-refractivity contribution in [2.24, 2.45) is 0 Å². The van der Waals surface area contributed by atoms with Gasteiger partial charge in [-0.15, -0.1) is 0 Å². The Morgan fingerprint density at radius 1 is 1.00 bits per heavy atom. The summed E-state index contributed by atoms with van der Waals surface area (Å²) in [4.78, 5) is 0. The first-order chi connectivity index (χ1) is 10.2. The van der Waals surface area contributed by atoms with E-state index in [1.807, 2.05) is 56.4 Å². The summed E-state index contributed by atoms with van der Waals surface area (Å²) in [5, 5.41) is 3.84. The van der Waals surface area contributed by atoms with Crippen molar-refractivity contribution in [2.45, 2.75) is 20.1 Å². The summed E-state index contributed by atoms with van der Waals surface area (Å²) in [6, 6.07) is 13.6. The van der Waals surface area contributed by atoms with Crippen molar-refractivity contribution in [2.75, 3.05) is 13.7 Å². The zero-order valence-electron chi connectivity index (χ0n) is 12.4. The highest BCUT2D eigenvalue weighted by Gasteiger charge is 2.07. The molecule has 0 fully saturated rings. The number of nitrogens with one attached hydrogen (secondary N) is 1. The van der Waals surface area contributed by atoms with Crippen LogP contribution in [-0.4, -0.2) is 13.7 Å². The molecule has 4 heteroatoms. The second kappa shape index (κ2) is 7.91. The molecule has 2 aromatic rings. The van der Waals surface area contributed by atoms with Gasteiger partial charge in [-0.3, -0.25) is 0 Å². The summed E-state index contributed by atoms with van der Waals surface area (Å²) in [7, 11) is 1.92. The maximum Gasteiger partial charge on any atom is 0.161 e. The lowest BCUT2D eigenvalue weighted by molar-refractivity contribution is 0.269. The van der Waals surface area contributed by atoms with E-state index in [1.54, 1.807) is 0 Å². The van der Waals surface area contributed by atoms with Crippen LogP contribution >= 0.6 is 11.6 Å². The number of rotatable bonds is 7. The van der Waals surface area contributed by atoms with Gasteiger partial charge in [-0.2, -0.15) is 0 Å². The van der Waals surface area contributed by atoms with E-state index < -0.39 is 0 Å². The molecular weight excluding hydrogens is 286 g/mol. The first-order valence-corrected chi connectivity index (χ1v) is 7.38. The average molecular weight is 306 g/mol. The van der Waals surface area contributed by atoms with Crippen molar-refractivity contribution in [1.29, 1.82) is 0 Å².